The number of benzene rings is 2. The molecule has 0 radical (unpaired) electrons. The molecule has 5 nitrogen and oxygen atoms in total. The van der Waals surface area contributed by atoms with Crippen LogP contribution in [0.2, 0.25) is 0 Å². The van der Waals surface area contributed by atoms with Crippen molar-refractivity contribution in [1.29, 1.82) is 0 Å². The number of hydrogen-bond acceptors (Lipinski definition) is 3. The number of nitrogens with two attached hydrogens (primary N) is 1. The molecule has 2 aromatic carbocycles. The van der Waals surface area contributed by atoms with Crippen LogP contribution in [-0.2, 0) is 11.2 Å². The van der Waals surface area contributed by atoms with Crippen molar-refractivity contribution < 1.29 is 4.79 Å². The van der Waals surface area contributed by atoms with Crippen molar-refractivity contribution in [1.82, 2.24) is 5.43 Å². The number of carbonyl (C=O) groups excluding carboxylic acids is 1. The Morgan fingerprint density at radius 3 is 2.39 bits per heavy atom. The smallest absolute Gasteiger partial charge is 0.228 e. The molecule has 0 aliphatic carbocycles. The molecular weight excluding hydrogens is 308 g/mol. The SMILES string of the molecule is C/C(=N\NC(N)=S)c1ccc(NC(=O)Cc2ccccc2)cc1. The molecule has 1 amide bonds. The molecule has 0 aliphatic heterocycles. The van der Waals surface area contributed by atoms with Crippen molar-refractivity contribution in [3.05, 3.63) is 65.7 Å². The lowest BCUT2D eigenvalue weighted by molar-refractivity contribution is -0.115. The number of nitrogens with one attached hydrogen (secondary N) is 2. The molecule has 2 rings (SSSR count). The van der Waals surface area contributed by atoms with E-state index in [0.717, 1.165) is 22.5 Å². The standard InChI is InChI=1S/C17H18N4OS/c1-12(20-21-17(18)23)14-7-9-15(10-8-14)19-16(22)11-13-5-3-2-4-6-13/h2-10H,11H2,1H3,(H,19,22)(H3,18,21,23)/b20-12+. The average Bonchev–Trinajstić information content (AvgIpc) is 2.54. The zero-order valence-corrected chi connectivity index (χ0v) is 13.6. The van der Waals surface area contributed by atoms with E-state index < -0.39 is 0 Å². The molecule has 118 valence electrons. The summed E-state index contributed by atoms with van der Waals surface area (Å²) in [6.45, 7) is 1.84. The van der Waals surface area contributed by atoms with E-state index in [-0.39, 0.29) is 11.0 Å². The number of carbonyl (C=O) groups is 1. The fourth-order valence-electron chi connectivity index (χ4n) is 1.98. The van der Waals surface area contributed by atoms with Crippen LogP contribution >= 0.6 is 12.2 Å². The van der Waals surface area contributed by atoms with Gasteiger partial charge in [0.05, 0.1) is 12.1 Å². The molecule has 2 aromatic rings. The second-order valence-electron chi connectivity index (χ2n) is 4.96. The molecule has 0 atom stereocenters. The van der Waals surface area contributed by atoms with Crippen LogP contribution in [0.4, 0.5) is 5.69 Å². The minimum atomic E-state index is -0.0514. The number of rotatable bonds is 5. The Balaban J connectivity index is 1.96. The van der Waals surface area contributed by atoms with Crippen molar-refractivity contribution in [3.63, 3.8) is 0 Å². The second kappa shape index (κ2) is 8.05. The van der Waals surface area contributed by atoms with E-state index in [1.807, 2.05) is 61.5 Å². The summed E-state index contributed by atoms with van der Waals surface area (Å²) < 4.78 is 0. The first-order valence-electron chi connectivity index (χ1n) is 7.08. The van der Waals surface area contributed by atoms with Gasteiger partial charge in [-0.1, -0.05) is 42.5 Å². The van der Waals surface area contributed by atoms with E-state index in [9.17, 15) is 4.79 Å². The minimum absolute atomic E-state index is 0.0514. The highest BCUT2D eigenvalue weighted by Gasteiger charge is 2.04. The molecule has 0 aromatic heterocycles. The molecule has 23 heavy (non-hydrogen) atoms. The number of nitrogens with zero attached hydrogens (tertiary/aromatic N) is 1. The van der Waals surface area contributed by atoms with Gasteiger partial charge in [0, 0.05) is 5.69 Å². The van der Waals surface area contributed by atoms with Crippen LogP contribution in [0.5, 0.6) is 0 Å². The predicted molar refractivity (Wildman–Crippen MR) is 97.3 cm³/mol. The topological polar surface area (TPSA) is 79.5 Å². The molecule has 0 unspecified atom stereocenters. The van der Waals surface area contributed by atoms with Crippen molar-refractivity contribution in [3.8, 4) is 0 Å². The summed E-state index contributed by atoms with van der Waals surface area (Å²) in [5.41, 5.74) is 11.3. The lowest BCUT2D eigenvalue weighted by Gasteiger charge is -2.07. The molecule has 0 fully saturated rings. The predicted octanol–water partition coefficient (Wildman–Crippen LogP) is 2.43. The van der Waals surface area contributed by atoms with E-state index in [1.54, 1.807) is 0 Å². The van der Waals surface area contributed by atoms with Gasteiger partial charge in [0.2, 0.25) is 5.91 Å². The van der Waals surface area contributed by atoms with Crippen LogP contribution in [-0.4, -0.2) is 16.7 Å². The quantitative estimate of drug-likeness (QED) is 0.448. The minimum Gasteiger partial charge on any atom is -0.375 e. The maximum Gasteiger partial charge on any atom is 0.228 e. The van der Waals surface area contributed by atoms with Gasteiger partial charge in [-0.15, -0.1) is 0 Å². The summed E-state index contributed by atoms with van der Waals surface area (Å²) in [6.07, 6.45) is 0.348. The van der Waals surface area contributed by atoms with Gasteiger partial charge in [0.1, 0.15) is 0 Å². The van der Waals surface area contributed by atoms with Crippen LogP contribution in [0.15, 0.2) is 59.7 Å². The third-order valence-electron chi connectivity index (χ3n) is 3.13. The highest BCUT2D eigenvalue weighted by atomic mass is 32.1. The molecular formula is C17H18N4OS. The maximum absolute atomic E-state index is 12.0. The third-order valence-corrected chi connectivity index (χ3v) is 3.22. The molecule has 0 bridgehead atoms. The van der Waals surface area contributed by atoms with E-state index in [2.05, 4.69) is 15.8 Å². The molecule has 0 heterocycles. The Morgan fingerprint density at radius 1 is 1.13 bits per heavy atom. The highest BCUT2D eigenvalue weighted by Crippen LogP contribution is 2.11. The van der Waals surface area contributed by atoms with Gasteiger partial charge in [-0.05, 0) is 42.4 Å². The van der Waals surface area contributed by atoms with Gasteiger partial charge >= 0.3 is 0 Å². The zero-order valence-electron chi connectivity index (χ0n) is 12.7. The second-order valence-corrected chi connectivity index (χ2v) is 5.40. The van der Waals surface area contributed by atoms with Crippen LogP contribution in [0, 0.1) is 0 Å². The van der Waals surface area contributed by atoms with Gasteiger partial charge in [-0.25, -0.2) is 0 Å². The highest BCUT2D eigenvalue weighted by molar-refractivity contribution is 7.80. The normalized spacial score (nSPS) is 10.9. The number of anilines is 1. The van der Waals surface area contributed by atoms with E-state index >= 15 is 0 Å². The Labute approximate surface area is 140 Å². The third kappa shape index (κ3) is 5.52. The summed E-state index contributed by atoms with van der Waals surface area (Å²) in [7, 11) is 0. The molecule has 0 aliphatic rings. The molecule has 0 spiro atoms. The van der Waals surface area contributed by atoms with E-state index in [1.165, 1.54) is 0 Å². The lowest BCUT2D eigenvalue weighted by Crippen LogP contribution is -2.25. The molecule has 0 saturated carbocycles. The first-order chi connectivity index (χ1) is 11.0. The maximum atomic E-state index is 12.0. The Morgan fingerprint density at radius 2 is 1.78 bits per heavy atom. The van der Waals surface area contributed by atoms with Crippen LogP contribution in [0.1, 0.15) is 18.1 Å². The fourth-order valence-corrected chi connectivity index (χ4v) is 2.03. The number of amides is 1. The Kier molecular flexibility index (Phi) is 5.82. The number of hydrogen-bond donors (Lipinski definition) is 3. The molecule has 4 N–H and O–H groups in total. The monoisotopic (exact) mass is 326 g/mol. The first kappa shape index (κ1) is 16.6. The Hall–Kier alpha value is -2.73. The van der Waals surface area contributed by atoms with Gasteiger partial charge in [-0.3, -0.25) is 10.2 Å². The summed E-state index contributed by atoms with van der Waals surface area (Å²) in [4.78, 5) is 12.0. The average molecular weight is 326 g/mol. The number of thiocarbonyl (C=S) groups is 1. The van der Waals surface area contributed by atoms with Gasteiger partial charge in [0.15, 0.2) is 5.11 Å². The van der Waals surface area contributed by atoms with Crippen molar-refractivity contribution in [2.24, 2.45) is 10.8 Å². The lowest BCUT2D eigenvalue weighted by atomic mass is 10.1. The van der Waals surface area contributed by atoms with Crippen molar-refractivity contribution in [2.45, 2.75) is 13.3 Å². The van der Waals surface area contributed by atoms with Crippen LogP contribution in [0.25, 0.3) is 0 Å². The zero-order chi connectivity index (χ0) is 16.7. The first-order valence-corrected chi connectivity index (χ1v) is 7.49. The molecule has 6 heteroatoms. The largest absolute Gasteiger partial charge is 0.375 e. The molecule has 0 saturated heterocycles. The van der Waals surface area contributed by atoms with E-state index in [4.69, 9.17) is 18.0 Å². The number of hydrazone groups is 1. The van der Waals surface area contributed by atoms with Gasteiger partial charge < -0.3 is 11.1 Å². The van der Waals surface area contributed by atoms with Gasteiger partial charge in [-0.2, -0.15) is 5.10 Å². The summed E-state index contributed by atoms with van der Waals surface area (Å²) in [5.74, 6) is -0.0514. The Bertz CT molecular complexity index is 711. The summed E-state index contributed by atoms with van der Waals surface area (Å²) >= 11 is 4.70. The van der Waals surface area contributed by atoms with Crippen molar-refractivity contribution in [2.75, 3.05) is 5.32 Å². The van der Waals surface area contributed by atoms with Crippen LogP contribution < -0.4 is 16.5 Å². The van der Waals surface area contributed by atoms with Crippen LogP contribution in [0.3, 0.4) is 0 Å². The summed E-state index contributed by atoms with van der Waals surface area (Å²) in [6, 6.07) is 17.0. The van der Waals surface area contributed by atoms with Crippen molar-refractivity contribution >= 4 is 34.6 Å². The summed E-state index contributed by atoms with van der Waals surface area (Å²) in [5, 5.41) is 7.04. The fraction of sp³-hybridized carbons (Fsp3) is 0.118. The van der Waals surface area contributed by atoms with E-state index in [0.29, 0.717) is 6.42 Å². The van der Waals surface area contributed by atoms with Gasteiger partial charge in [0.25, 0.3) is 0 Å².